The number of aliphatic hydroxyl groups excluding tert-OH is 2. The molecular weight excluding hydrogens is 336 g/mol. The van der Waals surface area contributed by atoms with E-state index in [9.17, 15) is 10.2 Å². The van der Waals surface area contributed by atoms with Gasteiger partial charge in [0.1, 0.15) is 0 Å². The zero-order valence-electron chi connectivity index (χ0n) is 13.7. The summed E-state index contributed by atoms with van der Waals surface area (Å²) in [4.78, 5) is 0. The van der Waals surface area contributed by atoms with Gasteiger partial charge in [-0.3, -0.25) is 0 Å². The summed E-state index contributed by atoms with van der Waals surface area (Å²) in [6.07, 6.45) is 1.53. The second kappa shape index (κ2) is 8.43. The first kappa shape index (κ1) is 17.9. The van der Waals surface area contributed by atoms with E-state index in [2.05, 4.69) is 0 Å². The van der Waals surface area contributed by atoms with Crippen molar-refractivity contribution >= 4 is 23.5 Å². The number of hydrogen-bond donors (Lipinski definition) is 2. The van der Waals surface area contributed by atoms with Gasteiger partial charge < -0.3 is 10.2 Å². The first-order chi connectivity index (χ1) is 11.7. The van der Waals surface area contributed by atoms with E-state index >= 15 is 0 Å². The van der Waals surface area contributed by atoms with Gasteiger partial charge in [0.05, 0.1) is 16.3 Å². The Labute approximate surface area is 152 Å². The molecule has 1 saturated heterocycles. The van der Waals surface area contributed by atoms with Crippen LogP contribution in [-0.2, 0) is 0 Å². The second-order valence-electron chi connectivity index (χ2n) is 6.22. The lowest BCUT2D eigenvalue weighted by molar-refractivity contribution is 0.133. The summed E-state index contributed by atoms with van der Waals surface area (Å²) in [6.45, 7) is 0. The van der Waals surface area contributed by atoms with Crippen LogP contribution in [0.5, 0.6) is 0 Å². The van der Waals surface area contributed by atoms with Crippen LogP contribution in [-0.4, -0.2) is 25.8 Å². The fourth-order valence-electron chi connectivity index (χ4n) is 3.11. The van der Waals surface area contributed by atoms with Crippen LogP contribution in [0.4, 0.5) is 0 Å². The largest absolute Gasteiger partial charge is 0.388 e. The summed E-state index contributed by atoms with van der Waals surface area (Å²) in [5.74, 6) is 2.19. The Bertz CT molecular complexity index is 563. The molecule has 0 bridgehead atoms. The maximum absolute atomic E-state index is 10.7. The molecule has 1 fully saturated rings. The molecule has 2 atom stereocenters. The summed E-state index contributed by atoms with van der Waals surface area (Å²) in [5.41, 5.74) is 1.91. The standard InChI is InChI=1S/C20H24O2S2/c21-18(16-8-3-1-4-9-16)14-20(23-12-7-13-24-20)15-19(22)17-10-5-2-6-11-17/h1-6,8-11,18-19,21-22H,7,12-15H2/t18-,19-/m0/s1. The molecule has 2 aromatic carbocycles. The maximum Gasteiger partial charge on any atom is 0.0811 e. The molecule has 1 heterocycles. The Balaban J connectivity index is 1.75. The molecule has 2 aromatic rings. The lowest BCUT2D eigenvalue weighted by Crippen LogP contribution is -2.30. The normalized spacial score (nSPS) is 19.6. The van der Waals surface area contributed by atoms with Crippen LogP contribution in [0, 0.1) is 0 Å². The number of thioether (sulfide) groups is 2. The molecule has 2 N–H and O–H groups in total. The third-order valence-corrected chi connectivity index (χ3v) is 7.81. The van der Waals surface area contributed by atoms with Crippen molar-refractivity contribution in [1.82, 2.24) is 0 Å². The van der Waals surface area contributed by atoms with Gasteiger partial charge in [0.2, 0.25) is 0 Å². The van der Waals surface area contributed by atoms with E-state index in [0.717, 1.165) is 22.6 Å². The van der Waals surface area contributed by atoms with Gasteiger partial charge in [-0.05, 0) is 29.1 Å². The van der Waals surface area contributed by atoms with Crippen molar-refractivity contribution in [2.75, 3.05) is 11.5 Å². The zero-order valence-corrected chi connectivity index (χ0v) is 15.3. The molecule has 1 aliphatic rings. The fraction of sp³-hybridized carbons (Fsp3) is 0.400. The lowest BCUT2D eigenvalue weighted by atomic mass is 9.98. The van der Waals surface area contributed by atoms with Crippen LogP contribution in [0.2, 0.25) is 0 Å². The smallest absolute Gasteiger partial charge is 0.0811 e. The first-order valence-corrected chi connectivity index (χ1v) is 10.4. The summed E-state index contributed by atoms with van der Waals surface area (Å²) in [6, 6.07) is 19.7. The number of aliphatic hydroxyl groups is 2. The molecule has 0 radical (unpaired) electrons. The van der Waals surface area contributed by atoms with Crippen molar-refractivity contribution in [1.29, 1.82) is 0 Å². The van der Waals surface area contributed by atoms with Crippen LogP contribution in [0.1, 0.15) is 42.6 Å². The van der Waals surface area contributed by atoms with Gasteiger partial charge in [-0.1, -0.05) is 60.7 Å². The van der Waals surface area contributed by atoms with Crippen molar-refractivity contribution in [3.8, 4) is 0 Å². The van der Waals surface area contributed by atoms with Gasteiger partial charge in [0, 0.05) is 12.8 Å². The molecule has 24 heavy (non-hydrogen) atoms. The monoisotopic (exact) mass is 360 g/mol. The van der Waals surface area contributed by atoms with Crippen LogP contribution in [0.15, 0.2) is 60.7 Å². The topological polar surface area (TPSA) is 40.5 Å². The highest BCUT2D eigenvalue weighted by Gasteiger charge is 2.38. The molecule has 0 aliphatic carbocycles. The SMILES string of the molecule is O[C@@H](CC1(C[C@H](O)c2ccccc2)SCCCS1)c1ccccc1. The summed E-state index contributed by atoms with van der Waals surface area (Å²) >= 11 is 3.80. The maximum atomic E-state index is 10.7. The quantitative estimate of drug-likeness (QED) is 0.776. The van der Waals surface area contributed by atoms with Crippen LogP contribution < -0.4 is 0 Å². The van der Waals surface area contributed by atoms with Gasteiger partial charge in [-0.2, -0.15) is 0 Å². The molecule has 0 saturated carbocycles. The fourth-order valence-corrected chi connectivity index (χ4v) is 6.55. The molecule has 0 aromatic heterocycles. The Morgan fingerprint density at radius 1 is 0.750 bits per heavy atom. The van der Waals surface area contributed by atoms with Crippen molar-refractivity contribution in [3.63, 3.8) is 0 Å². The summed E-state index contributed by atoms with van der Waals surface area (Å²) in [7, 11) is 0. The minimum absolute atomic E-state index is 0.136. The second-order valence-corrected chi connectivity index (χ2v) is 9.44. The molecule has 3 rings (SSSR count). The molecule has 2 nitrogen and oxygen atoms in total. The van der Waals surface area contributed by atoms with E-state index in [0.29, 0.717) is 12.8 Å². The van der Waals surface area contributed by atoms with Gasteiger partial charge in [-0.25, -0.2) is 0 Å². The highest BCUT2D eigenvalue weighted by atomic mass is 32.2. The average Bonchev–Trinajstić information content (AvgIpc) is 2.64. The van der Waals surface area contributed by atoms with Crippen LogP contribution >= 0.6 is 23.5 Å². The van der Waals surface area contributed by atoms with Gasteiger partial charge in [-0.15, -0.1) is 23.5 Å². The van der Waals surface area contributed by atoms with E-state index in [1.165, 1.54) is 6.42 Å². The molecule has 128 valence electrons. The summed E-state index contributed by atoms with van der Waals surface area (Å²) in [5, 5.41) is 21.4. The predicted molar refractivity (Wildman–Crippen MR) is 104 cm³/mol. The highest BCUT2D eigenvalue weighted by molar-refractivity contribution is 8.18. The van der Waals surface area contributed by atoms with Crippen molar-refractivity contribution in [2.24, 2.45) is 0 Å². The Morgan fingerprint density at radius 2 is 1.17 bits per heavy atom. The molecule has 4 heteroatoms. The molecule has 1 aliphatic heterocycles. The molecule has 0 amide bonds. The summed E-state index contributed by atoms with van der Waals surface area (Å²) < 4.78 is -0.136. The minimum atomic E-state index is -0.493. The number of hydrogen-bond acceptors (Lipinski definition) is 4. The van der Waals surface area contributed by atoms with Gasteiger partial charge in [0.25, 0.3) is 0 Å². The lowest BCUT2D eigenvalue weighted by Gasteiger charge is -2.39. The molecule has 0 unspecified atom stereocenters. The third-order valence-electron chi connectivity index (χ3n) is 4.40. The van der Waals surface area contributed by atoms with Crippen molar-refractivity contribution in [3.05, 3.63) is 71.8 Å². The van der Waals surface area contributed by atoms with Crippen molar-refractivity contribution in [2.45, 2.75) is 35.5 Å². The van der Waals surface area contributed by atoms with Gasteiger partial charge in [0.15, 0.2) is 0 Å². The minimum Gasteiger partial charge on any atom is -0.388 e. The Morgan fingerprint density at radius 3 is 1.58 bits per heavy atom. The molecule has 0 spiro atoms. The predicted octanol–water partition coefficient (Wildman–Crippen LogP) is 4.80. The van der Waals surface area contributed by atoms with E-state index in [-0.39, 0.29) is 4.08 Å². The third kappa shape index (κ3) is 4.57. The first-order valence-electron chi connectivity index (χ1n) is 8.42. The van der Waals surface area contributed by atoms with Gasteiger partial charge >= 0.3 is 0 Å². The van der Waals surface area contributed by atoms with E-state index in [1.807, 2.05) is 84.2 Å². The Kier molecular flexibility index (Phi) is 6.28. The average molecular weight is 361 g/mol. The molecular formula is C20H24O2S2. The number of rotatable bonds is 6. The Hall–Kier alpha value is -0.940. The van der Waals surface area contributed by atoms with E-state index in [1.54, 1.807) is 0 Å². The van der Waals surface area contributed by atoms with E-state index in [4.69, 9.17) is 0 Å². The zero-order chi connectivity index (χ0) is 16.8. The highest BCUT2D eigenvalue weighted by Crippen LogP contribution is 2.52. The van der Waals surface area contributed by atoms with Crippen LogP contribution in [0.3, 0.4) is 0 Å². The number of benzene rings is 2. The van der Waals surface area contributed by atoms with Crippen LogP contribution in [0.25, 0.3) is 0 Å². The van der Waals surface area contributed by atoms with E-state index < -0.39 is 12.2 Å². The van der Waals surface area contributed by atoms with Crippen molar-refractivity contribution < 1.29 is 10.2 Å².